The molecule has 1 amide bonds. The second-order valence-electron chi connectivity index (χ2n) is 11.7. The van der Waals surface area contributed by atoms with Crippen LogP contribution in [0.1, 0.15) is 58.4 Å². The first-order chi connectivity index (χ1) is 17.0. The highest BCUT2D eigenvalue weighted by Gasteiger charge is 2.72. The molecule has 0 aromatic heterocycles. The Labute approximate surface area is 216 Å². The molecule has 1 saturated heterocycles. The van der Waals surface area contributed by atoms with E-state index in [9.17, 15) is 13.2 Å². The Kier molecular flexibility index (Phi) is 7.46. The highest BCUT2D eigenvalue weighted by molar-refractivity contribution is 7.90. The minimum Gasteiger partial charge on any atom is -0.497 e. The van der Waals surface area contributed by atoms with Crippen LogP contribution in [-0.4, -0.2) is 44.1 Å². The summed E-state index contributed by atoms with van der Waals surface area (Å²) >= 11 is 0. The SMILES string of the molecule is C=CC[C@H](C(=O)N1[C@@H]2C[C@H]3CC[C@@]2(CS1(=O)=O)C3(C)C)[C@@H](C)CC(=C)COCc1ccc(OC)cc1. The van der Waals surface area contributed by atoms with Crippen LogP contribution in [0.15, 0.2) is 49.1 Å². The molecular formula is C29H41NO5S. The van der Waals surface area contributed by atoms with Gasteiger partial charge in [0.25, 0.3) is 0 Å². The quantitative estimate of drug-likeness (QED) is 0.371. The monoisotopic (exact) mass is 515 g/mol. The molecule has 7 heteroatoms. The van der Waals surface area contributed by atoms with Crippen LogP contribution >= 0.6 is 0 Å². The number of carbonyl (C=O) groups excluding carboxylic acids is 1. The molecule has 2 saturated carbocycles. The van der Waals surface area contributed by atoms with Gasteiger partial charge in [-0.15, -0.1) is 6.58 Å². The van der Waals surface area contributed by atoms with Crippen LogP contribution in [-0.2, 0) is 26.2 Å². The second kappa shape index (κ2) is 9.97. The molecule has 2 bridgehead atoms. The Morgan fingerprint density at radius 1 is 1.28 bits per heavy atom. The van der Waals surface area contributed by atoms with E-state index in [4.69, 9.17) is 9.47 Å². The summed E-state index contributed by atoms with van der Waals surface area (Å²) in [5.74, 6) is 0.584. The van der Waals surface area contributed by atoms with Crippen LogP contribution in [0.4, 0.5) is 0 Å². The van der Waals surface area contributed by atoms with Gasteiger partial charge < -0.3 is 9.47 Å². The normalized spacial score (nSPS) is 28.9. The molecule has 198 valence electrons. The molecular weight excluding hydrogens is 474 g/mol. The Morgan fingerprint density at radius 3 is 2.58 bits per heavy atom. The van der Waals surface area contributed by atoms with Crippen LogP contribution in [0.25, 0.3) is 0 Å². The maximum absolute atomic E-state index is 13.9. The van der Waals surface area contributed by atoms with E-state index in [1.165, 1.54) is 4.31 Å². The van der Waals surface area contributed by atoms with E-state index in [2.05, 4.69) is 27.0 Å². The van der Waals surface area contributed by atoms with Gasteiger partial charge in [-0.2, -0.15) is 0 Å². The molecule has 1 aromatic rings. The molecule has 6 nitrogen and oxygen atoms in total. The van der Waals surface area contributed by atoms with Gasteiger partial charge in [0.1, 0.15) is 5.75 Å². The summed E-state index contributed by atoms with van der Waals surface area (Å²) in [6.07, 6.45) is 5.50. The summed E-state index contributed by atoms with van der Waals surface area (Å²) in [5.41, 5.74) is 1.56. The lowest BCUT2D eigenvalue weighted by Gasteiger charge is -2.38. The number of hydrogen-bond acceptors (Lipinski definition) is 5. The molecule has 3 fully saturated rings. The number of fused-ring (bicyclic) bond motifs is 1. The molecule has 4 rings (SSSR count). The summed E-state index contributed by atoms with van der Waals surface area (Å²) in [5, 5.41) is 0. The van der Waals surface area contributed by atoms with E-state index in [1.54, 1.807) is 13.2 Å². The number of nitrogens with zero attached hydrogens (tertiary/aromatic N) is 1. The maximum Gasteiger partial charge on any atom is 0.240 e. The van der Waals surface area contributed by atoms with Crippen LogP contribution in [0.2, 0.25) is 0 Å². The van der Waals surface area contributed by atoms with Crippen LogP contribution in [0, 0.1) is 28.6 Å². The van der Waals surface area contributed by atoms with Gasteiger partial charge in [-0.25, -0.2) is 12.7 Å². The number of benzene rings is 1. The molecule has 5 atom stereocenters. The molecule has 36 heavy (non-hydrogen) atoms. The summed E-state index contributed by atoms with van der Waals surface area (Å²) in [6.45, 7) is 15.3. The lowest BCUT2D eigenvalue weighted by Crippen LogP contribution is -2.47. The van der Waals surface area contributed by atoms with Crippen molar-refractivity contribution in [2.75, 3.05) is 19.5 Å². The van der Waals surface area contributed by atoms with E-state index in [-0.39, 0.29) is 34.4 Å². The molecule has 0 radical (unpaired) electrons. The third-order valence-corrected chi connectivity index (χ3v) is 11.3. The molecule has 0 unspecified atom stereocenters. The summed E-state index contributed by atoms with van der Waals surface area (Å²) < 4.78 is 39.1. The number of carbonyl (C=O) groups is 1. The number of sulfonamides is 1. The average Bonchev–Trinajstić information content (AvgIpc) is 3.30. The Balaban J connectivity index is 1.40. The molecule has 2 aliphatic carbocycles. The van der Waals surface area contributed by atoms with Gasteiger partial charge in [-0.3, -0.25) is 4.79 Å². The molecule has 3 aliphatic rings. The number of hydrogen-bond donors (Lipinski definition) is 0. The topological polar surface area (TPSA) is 72.9 Å². The fraction of sp³-hybridized carbons (Fsp3) is 0.621. The zero-order valence-corrected chi connectivity index (χ0v) is 23.0. The van der Waals surface area contributed by atoms with Crippen molar-refractivity contribution in [3.8, 4) is 5.75 Å². The fourth-order valence-corrected chi connectivity index (χ4v) is 9.77. The largest absolute Gasteiger partial charge is 0.497 e. The molecule has 1 aliphatic heterocycles. The lowest BCUT2D eigenvalue weighted by molar-refractivity contribution is -0.134. The maximum atomic E-state index is 13.9. The Bertz CT molecular complexity index is 1110. The van der Waals surface area contributed by atoms with Crippen LogP contribution in [0.5, 0.6) is 5.75 Å². The van der Waals surface area contributed by atoms with Gasteiger partial charge in [-0.05, 0) is 67.1 Å². The minimum absolute atomic E-state index is 0.0607. The van der Waals surface area contributed by atoms with Crippen LogP contribution < -0.4 is 4.74 Å². The standard InChI is InChI=1S/C29H41NO5S/c1-7-8-25(21(3)15-20(2)17-35-18-22-9-11-24(34-6)12-10-22)27(31)30-26-16-23-13-14-29(26,28(23,4)5)19-36(30,32)33/h7,9-12,21,23,25-26H,1-2,8,13-19H2,3-6H3/t21-,23+,25-,26+,29-/m0/s1. The highest BCUT2D eigenvalue weighted by atomic mass is 32.2. The molecule has 0 N–H and O–H groups in total. The molecule has 1 heterocycles. The van der Waals surface area contributed by atoms with E-state index in [1.807, 2.05) is 31.2 Å². The Morgan fingerprint density at radius 2 is 1.97 bits per heavy atom. The van der Waals surface area contributed by atoms with E-state index < -0.39 is 15.9 Å². The van der Waals surface area contributed by atoms with Crippen molar-refractivity contribution >= 4 is 15.9 Å². The van der Waals surface area contributed by atoms with Crippen molar-refractivity contribution in [2.45, 2.75) is 65.5 Å². The van der Waals surface area contributed by atoms with Gasteiger partial charge in [-0.1, -0.05) is 51.1 Å². The number of methoxy groups -OCH3 is 1. The van der Waals surface area contributed by atoms with Crippen molar-refractivity contribution in [1.82, 2.24) is 4.31 Å². The zero-order valence-electron chi connectivity index (χ0n) is 22.2. The van der Waals surface area contributed by atoms with Gasteiger partial charge in [0.05, 0.1) is 32.1 Å². The first-order valence-corrected chi connectivity index (χ1v) is 14.6. The van der Waals surface area contributed by atoms with Gasteiger partial charge in [0, 0.05) is 11.3 Å². The lowest BCUT2D eigenvalue weighted by atomic mass is 9.69. The van der Waals surface area contributed by atoms with Crippen molar-refractivity contribution in [2.24, 2.45) is 28.6 Å². The third kappa shape index (κ3) is 4.53. The predicted octanol–water partition coefficient (Wildman–Crippen LogP) is 5.35. The fourth-order valence-electron chi connectivity index (χ4n) is 7.19. The van der Waals surface area contributed by atoms with Gasteiger partial charge >= 0.3 is 0 Å². The van der Waals surface area contributed by atoms with Crippen LogP contribution in [0.3, 0.4) is 0 Å². The molecule has 1 spiro atoms. The number of allylic oxidation sites excluding steroid dienone is 1. The predicted molar refractivity (Wildman–Crippen MR) is 142 cm³/mol. The van der Waals surface area contributed by atoms with Crippen molar-refractivity contribution in [3.05, 3.63) is 54.6 Å². The van der Waals surface area contributed by atoms with E-state index in [0.717, 1.165) is 36.1 Å². The van der Waals surface area contributed by atoms with E-state index >= 15 is 0 Å². The number of rotatable bonds is 11. The first-order valence-electron chi connectivity index (χ1n) is 13.0. The van der Waals surface area contributed by atoms with Crippen molar-refractivity contribution in [1.29, 1.82) is 0 Å². The summed E-state index contributed by atoms with van der Waals surface area (Å²) in [7, 11) is -2.01. The first kappa shape index (κ1) is 26.9. The smallest absolute Gasteiger partial charge is 0.240 e. The third-order valence-electron chi connectivity index (χ3n) is 9.40. The Hall–Kier alpha value is -2.12. The number of amides is 1. The highest BCUT2D eigenvalue weighted by Crippen LogP contribution is 2.70. The second-order valence-corrected chi connectivity index (χ2v) is 13.5. The number of ether oxygens (including phenoxy) is 2. The van der Waals surface area contributed by atoms with Gasteiger partial charge in [0.2, 0.25) is 15.9 Å². The van der Waals surface area contributed by atoms with Gasteiger partial charge in [0.15, 0.2) is 0 Å². The summed E-state index contributed by atoms with van der Waals surface area (Å²) in [4.78, 5) is 13.9. The van der Waals surface area contributed by atoms with Crippen molar-refractivity contribution < 1.29 is 22.7 Å². The van der Waals surface area contributed by atoms with Crippen molar-refractivity contribution in [3.63, 3.8) is 0 Å². The average molecular weight is 516 g/mol. The minimum atomic E-state index is -3.64. The zero-order chi connectivity index (χ0) is 26.3. The molecule has 1 aromatic carbocycles. The van der Waals surface area contributed by atoms with E-state index in [0.29, 0.717) is 32.0 Å². The summed E-state index contributed by atoms with van der Waals surface area (Å²) in [6, 6.07) is 7.51.